The summed E-state index contributed by atoms with van der Waals surface area (Å²) in [6.45, 7) is 3.56. The van der Waals surface area contributed by atoms with Crippen LogP contribution < -0.4 is 4.74 Å². The van der Waals surface area contributed by atoms with Crippen molar-refractivity contribution in [1.82, 2.24) is 4.90 Å². The Morgan fingerprint density at radius 1 is 1.37 bits per heavy atom. The maximum absolute atomic E-state index is 10.5. The van der Waals surface area contributed by atoms with Crippen LogP contribution in [0, 0.1) is 0 Å². The van der Waals surface area contributed by atoms with Crippen molar-refractivity contribution in [3.8, 4) is 5.75 Å². The molecule has 0 aliphatic carbocycles. The summed E-state index contributed by atoms with van der Waals surface area (Å²) in [5.41, 5.74) is 1.09. The molecule has 19 heavy (non-hydrogen) atoms. The Balaban J connectivity index is 2.43. The standard InChI is InChI=1S/C14H21NO4/c1-3-19-13-6-4-11(5-7-13)9-15(2)10-12(16)8-14(17)18/h4-7,12,16H,3,8-10H2,1-2H3,(H,17,18). The molecule has 106 valence electrons. The van der Waals surface area contributed by atoms with Crippen LogP contribution in [-0.4, -0.2) is 47.4 Å². The third-order valence-corrected chi connectivity index (χ3v) is 2.62. The molecule has 0 amide bonds. The van der Waals surface area contributed by atoms with Gasteiger partial charge in [-0.2, -0.15) is 0 Å². The van der Waals surface area contributed by atoms with Crippen LogP contribution in [0.2, 0.25) is 0 Å². The number of aliphatic hydroxyl groups excluding tert-OH is 1. The smallest absolute Gasteiger partial charge is 0.306 e. The van der Waals surface area contributed by atoms with E-state index in [2.05, 4.69) is 0 Å². The molecular weight excluding hydrogens is 246 g/mol. The summed E-state index contributed by atoms with van der Waals surface area (Å²) in [6.07, 6.45) is -1.07. The van der Waals surface area contributed by atoms with Crippen LogP contribution in [0.15, 0.2) is 24.3 Å². The highest BCUT2D eigenvalue weighted by Gasteiger charge is 2.12. The van der Waals surface area contributed by atoms with Crippen LogP contribution >= 0.6 is 0 Å². The highest BCUT2D eigenvalue weighted by Crippen LogP contribution is 2.13. The number of aliphatic carboxylic acids is 1. The third-order valence-electron chi connectivity index (χ3n) is 2.62. The van der Waals surface area contributed by atoms with Crippen LogP contribution in [0.5, 0.6) is 5.75 Å². The average Bonchev–Trinajstić information content (AvgIpc) is 2.30. The van der Waals surface area contributed by atoms with Gasteiger partial charge in [-0.1, -0.05) is 12.1 Å². The molecule has 5 nitrogen and oxygen atoms in total. The molecule has 2 N–H and O–H groups in total. The van der Waals surface area contributed by atoms with Gasteiger partial charge in [-0.3, -0.25) is 9.69 Å². The summed E-state index contributed by atoms with van der Waals surface area (Å²) in [7, 11) is 1.85. The predicted molar refractivity (Wildman–Crippen MR) is 72.2 cm³/mol. The lowest BCUT2D eigenvalue weighted by atomic mass is 10.2. The number of carboxylic acid groups (broad SMARTS) is 1. The number of likely N-dealkylation sites (N-methyl/N-ethyl adjacent to an activating group) is 1. The lowest BCUT2D eigenvalue weighted by Crippen LogP contribution is -2.30. The molecule has 0 fully saturated rings. The second kappa shape index (κ2) is 7.76. The number of aliphatic hydroxyl groups is 1. The Bertz CT molecular complexity index is 391. The van der Waals surface area contributed by atoms with Gasteiger partial charge in [0.2, 0.25) is 0 Å². The van der Waals surface area contributed by atoms with Crippen molar-refractivity contribution in [2.24, 2.45) is 0 Å². The van der Waals surface area contributed by atoms with E-state index in [0.717, 1.165) is 11.3 Å². The Kier molecular flexibility index (Phi) is 6.32. The summed E-state index contributed by atoms with van der Waals surface area (Å²) in [5.74, 6) is -0.151. The second-order valence-corrected chi connectivity index (χ2v) is 4.53. The van der Waals surface area contributed by atoms with Gasteiger partial charge >= 0.3 is 5.97 Å². The second-order valence-electron chi connectivity index (χ2n) is 4.53. The molecule has 5 heteroatoms. The van der Waals surface area contributed by atoms with E-state index in [1.807, 2.05) is 43.1 Å². The van der Waals surface area contributed by atoms with Crippen LogP contribution in [0.3, 0.4) is 0 Å². The number of carboxylic acids is 1. The molecule has 0 spiro atoms. The largest absolute Gasteiger partial charge is 0.494 e. The molecule has 1 rings (SSSR count). The predicted octanol–water partition coefficient (Wildman–Crippen LogP) is 1.35. The monoisotopic (exact) mass is 267 g/mol. The molecule has 0 heterocycles. The zero-order valence-electron chi connectivity index (χ0n) is 11.4. The van der Waals surface area contributed by atoms with Gasteiger partial charge in [-0.15, -0.1) is 0 Å². The molecule has 0 bridgehead atoms. The van der Waals surface area contributed by atoms with Gasteiger partial charge in [-0.25, -0.2) is 0 Å². The minimum absolute atomic E-state index is 0.229. The highest BCUT2D eigenvalue weighted by molar-refractivity contribution is 5.67. The van der Waals surface area contributed by atoms with Gasteiger partial charge in [-0.05, 0) is 31.7 Å². The average molecular weight is 267 g/mol. The molecule has 0 radical (unpaired) electrons. The van der Waals surface area contributed by atoms with E-state index in [-0.39, 0.29) is 6.42 Å². The van der Waals surface area contributed by atoms with Crippen molar-refractivity contribution in [2.75, 3.05) is 20.2 Å². The van der Waals surface area contributed by atoms with E-state index in [9.17, 15) is 9.90 Å². The van der Waals surface area contributed by atoms with Crippen molar-refractivity contribution in [3.05, 3.63) is 29.8 Å². The maximum Gasteiger partial charge on any atom is 0.306 e. The minimum atomic E-state index is -0.984. The SMILES string of the molecule is CCOc1ccc(CN(C)CC(O)CC(=O)O)cc1. The number of hydrogen-bond acceptors (Lipinski definition) is 4. The number of nitrogens with zero attached hydrogens (tertiary/aromatic N) is 1. The first-order valence-electron chi connectivity index (χ1n) is 6.31. The number of benzene rings is 1. The van der Waals surface area contributed by atoms with Crippen molar-refractivity contribution in [1.29, 1.82) is 0 Å². The summed E-state index contributed by atoms with van der Waals surface area (Å²) in [6, 6.07) is 7.73. The van der Waals surface area contributed by atoms with Crippen molar-refractivity contribution >= 4 is 5.97 Å². The maximum atomic E-state index is 10.5. The van der Waals surface area contributed by atoms with Gasteiger partial charge in [0, 0.05) is 13.1 Å². The summed E-state index contributed by atoms with van der Waals surface area (Å²) < 4.78 is 5.36. The molecule has 1 atom stereocenters. The fraction of sp³-hybridized carbons (Fsp3) is 0.500. The number of rotatable bonds is 8. The van der Waals surface area contributed by atoms with E-state index in [4.69, 9.17) is 9.84 Å². The quantitative estimate of drug-likeness (QED) is 0.744. The van der Waals surface area contributed by atoms with Gasteiger partial charge < -0.3 is 14.9 Å². The first-order chi connectivity index (χ1) is 9.01. The Labute approximate surface area is 113 Å². The van der Waals surface area contributed by atoms with Gasteiger partial charge in [0.1, 0.15) is 5.75 Å². The Hall–Kier alpha value is -1.59. The van der Waals surface area contributed by atoms with Crippen molar-refractivity contribution in [2.45, 2.75) is 26.0 Å². The summed E-state index contributed by atoms with van der Waals surface area (Å²) >= 11 is 0. The van der Waals surface area contributed by atoms with E-state index < -0.39 is 12.1 Å². The molecule has 1 aromatic carbocycles. The molecule has 0 aliphatic heterocycles. The number of hydrogen-bond donors (Lipinski definition) is 2. The van der Waals surface area contributed by atoms with Gasteiger partial charge in [0.05, 0.1) is 19.1 Å². The summed E-state index contributed by atoms with van der Waals surface area (Å²) in [4.78, 5) is 12.3. The molecule has 0 saturated carbocycles. The molecule has 0 saturated heterocycles. The zero-order chi connectivity index (χ0) is 14.3. The lowest BCUT2D eigenvalue weighted by molar-refractivity contribution is -0.139. The highest BCUT2D eigenvalue weighted by atomic mass is 16.5. The van der Waals surface area contributed by atoms with Gasteiger partial charge in [0.25, 0.3) is 0 Å². The zero-order valence-corrected chi connectivity index (χ0v) is 11.4. The molecule has 1 aromatic rings. The number of ether oxygens (including phenoxy) is 1. The molecular formula is C14H21NO4. The van der Waals surface area contributed by atoms with Crippen LogP contribution in [0.25, 0.3) is 0 Å². The fourth-order valence-electron chi connectivity index (χ4n) is 1.86. The first kappa shape index (κ1) is 15.5. The van der Waals surface area contributed by atoms with Gasteiger partial charge in [0.15, 0.2) is 0 Å². The van der Waals surface area contributed by atoms with Crippen LogP contribution in [-0.2, 0) is 11.3 Å². The fourth-order valence-corrected chi connectivity index (χ4v) is 1.86. The van der Waals surface area contributed by atoms with E-state index in [1.165, 1.54) is 0 Å². The minimum Gasteiger partial charge on any atom is -0.494 e. The van der Waals surface area contributed by atoms with Crippen molar-refractivity contribution in [3.63, 3.8) is 0 Å². The topological polar surface area (TPSA) is 70.0 Å². The third kappa shape index (κ3) is 6.22. The van der Waals surface area contributed by atoms with E-state index >= 15 is 0 Å². The first-order valence-corrected chi connectivity index (χ1v) is 6.31. The van der Waals surface area contributed by atoms with Crippen LogP contribution in [0.4, 0.5) is 0 Å². The molecule has 0 aromatic heterocycles. The van der Waals surface area contributed by atoms with Crippen LogP contribution in [0.1, 0.15) is 18.9 Å². The van der Waals surface area contributed by atoms with E-state index in [1.54, 1.807) is 0 Å². The Morgan fingerprint density at radius 2 is 2.00 bits per heavy atom. The number of carbonyl (C=O) groups is 1. The Morgan fingerprint density at radius 3 is 2.53 bits per heavy atom. The normalized spacial score (nSPS) is 12.4. The van der Waals surface area contributed by atoms with E-state index in [0.29, 0.717) is 19.7 Å². The lowest BCUT2D eigenvalue weighted by Gasteiger charge is -2.19. The van der Waals surface area contributed by atoms with Crippen molar-refractivity contribution < 1.29 is 19.7 Å². The summed E-state index contributed by atoms with van der Waals surface area (Å²) in [5, 5.41) is 18.1. The molecule has 0 aliphatic rings. The molecule has 1 unspecified atom stereocenters.